The molecule has 6 nitrogen and oxygen atoms in total. The van der Waals surface area contributed by atoms with Crippen molar-refractivity contribution in [2.45, 2.75) is 6.54 Å². The molecule has 0 radical (unpaired) electrons. The maximum atomic E-state index is 12.8. The van der Waals surface area contributed by atoms with Gasteiger partial charge in [-0.3, -0.25) is 9.59 Å². The van der Waals surface area contributed by atoms with Crippen molar-refractivity contribution < 1.29 is 14.0 Å². The Morgan fingerprint density at radius 2 is 1.84 bits per heavy atom. The van der Waals surface area contributed by atoms with E-state index in [4.69, 9.17) is 0 Å². The minimum Gasteiger partial charge on any atom is -0.349 e. The van der Waals surface area contributed by atoms with Crippen LogP contribution >= 0.6 is 15.9 Å². The average Bonchev–Trinajstić information content (AvgIpc) is 3.00. The van der Waals surface area contributed by atoms with E-state index in [2.05, 4.69) is 31.5 Å². The largest absolute Gasteiger partial charge is 0.349 e. The maximum absolute atomic E-state index is 12.8. The summed E-state index contributed by atoms with van der Waals surface area (Å²) in [6.07, 6.45) is 3.69. The normalized spacial score (nSPS) is 10.6. The third kappa shape index (κ3) is 4.42. The van der Waals surface area contributed by atoms with Crippen LogP contribution < -0.4 is 10.6 Å². The van der Waals surface area contributed by atoms with Crippen LogP contribution in [0.1, 0.15) is 16.1 Å². The van der Waals surface area contributed by atoms with Gasteiger partial charge in [0.15, 0.2) is 0 Å². The highest BCUT2D eigenvalue weighted by Crippen LogP contribution is 2.12. The van der Waals surface area contributed by atoms with Crippen LogP contribution in [0.4, 0.5) is 4.39 Å². The number of aromatic nitrogens is 2. The summed E-state index contributed by atoms with van der Waals surface area (Å²) in [6, 6.07) is 8.84. The molecule has 0 spiro atoms. The average molecular weight is 405 g/mol. The van der Waals surface area contributed by atoms with Gasteiger partial charge < -0.3 is 15.0 Å². The van der Waals surface area contributed by atoms with E-state index in [0.717, 1.165) is 10.1 Å². The van der Waals surface area contributed by atoms with E-state index in [0.29, 0.717) is 11.3 Å². The summed E-state index contributed by atoms with van der Waals surface area (Å²) < 4.78 is 15.6. The minimum atomic E-state index is -0.437. The molecule has 2 aromatic heterocycles. The Morgan fingerprint density at radius 3 is 2.60 bits per heavy atom. The van der Waals surface area contributed by atoms with Crippen molar-refractivity contribution in [1.29, 1.82) is 0 Å². The molecule has 0 aliphatic heterocycles. The fourth-order valence-electron chi connectivity index (χ4n) is 2.22. The van der Waals surface area contributed by atoms with E-state index in [1.54, 1.807) is 0 Å². The molecule has 0 atom stereocenters. The molecule has 0 saturated heterocycles. The summed E-state index contributed by atoms with van der Waals surface area (Å²) in [4.78, 5) is 28.1. The Bertz CT molecular complexity index is 924. The van der Waals surface area contributed by atoms with Gasteiger partial charge in [-0.15, -0.1) is 0 Å². The van der Waals surface area contributed by atoms with Crippen molar-refractivity contribution in [3.63, 3.8) is 0 Å². The number of hydrogen-bond acceptors (Lipinski definition) is 3. The number of amides is 2. The SMILES string of the molecule is O=C(CNC(=O)c1ccc(F)cc1)NCc1cn2cc(Br)ccc2n1. The molecule has 25 heavy (non-hydrogen) atoms. The van der Waals surface area contributed by atoms with E-state index in [1.807, 2.05) is 28.9 Å². The quantitative estimate of drug-likeness (QED) is 0.684. The molecule has 0 bridgehead atoms. The molecular weight excluding hydrogens is 391 g/mol. The zero-order valence-corrected chi connectivity index (χ0v) is 14.6. The smallest absolute Gasteiger partial charge is 0.251 e. The summed E-state index contributed by atoms with van der Waals surface area (Å²) >= 11 is 3.38. The van der Waals surface area contributed by atoms with Crippen molar-refractivity contribution in [2.75, 3.05) is 6.54 Å². The molecule has 2 heterocycles. The van der Waals surface area contributed by atoms with E-state index < -0.39 is 11.7 Å². The molecule has 128 valence electrons. The predicted octanol–water partition coefficient (Wildman–Crippen LogP) is 2.28. The number of pyridine rings is 1. The fraction of sp³-hybridized carbons (Fsp3) is 0.118. The van der Waals surface area contributed by atoms with Crippen LogP contribution in [0.2, 0.25) is 0 Å². The molecule has 0 saturated carbocycles. The van der Waals surface area contributed by atoms with Crippen LogP contribution in [0.5, 0.6) is 0 Å². The summed E-state index contributed by atoms with van der Waals surface area (Å²) in [5.74, 6) is -1.20. The van der Waals surface area contributed by atoms with Crippen LogP contribution in [0.15, 0.2) is 53.3 Å². The number of carbonyl (C=O) groups is 2. The Hall–Kier alpha value is -2.74. The maximum Gasteiger partial charge on any atom is 0.251 e. The zero-order valence-electron chi connectivity index (χ0n) is 13.0. The number of hydrogen-bond donors (Lipinski definition) is 2. The molecule has 0 aliphatic rings. The summed E-state index contributed by atoms with van der Waals surface area (Å²) in [6.45, 7) is 0.0830. The predicted molar refractivity (Wildman–Crippen MR) is 93.5 cm³/mol. The van der Waals surface area contributed by atoms with Crippen LogP contribution in [0.25, 0.3) is 5.65 Å². The highest BCUT2D eigenvalue weighted by Gasteiger charge is 2.09. The monoisotopic (exact) mass is 404 g/mol. The summed E-state index contributed by atoms with van der Waals surface area (Å²) in [7, 11) is 0. The first-order valence-electron chi connectivity index (χ1n) is 7.45. The number of fused-ring (bicyclic) bond motifs is 1. The van der Waals surface area contributed by atoms with Crippen LogP contribution in [-0.4, -0.2) is 27.7 Å². The van der Waals surface area contributed by atoms with E-state index in [9.17, 15) is 14.0 Å². The van der Waals surface area contributed by atoms with Gasteiger partial charge in [-0.05, 0) is 52.3 Å². The van der Waals surface area contributed by atoms with Gasteiger partial charge >= 0.3 is 0 Å². The van der Waals surface area contributed by atoms with E-state index in [-0.39, 0.29) is 19.0 Å². The lowest BCUT2D eigenvalue weighted by Gasteiger charge is -2.06. The van der Waals surface area contributed by atoms with Gasteiger partial charge in [0.25, 0.3) is 5.91 Å². The van der Waals surface area contributed by atoms with Gasteiger partial charge in [0.05, 0.1) is 18.8 Å². The zero-order chi connectivity index (χ0) is 17.8. The minimum absolute atomic E-state index is 0.171. The molecule has 3 aromatic rings. The van der Waals surface area contributed by atoms with Gasteiger partial charge in [0.1, 0.15) is 11.5 Å². The Balaban J connectivity index is 1.50. The Morgan fingerprint density at radius 1 is 1.08 bits per heavy atom. The van der Waals surface area contributed by atoms with Gasteiger partial charge in [0.2, 0.25) is 5.91 Å². The first kappa shape index (κ1) is 17.1. The van der Waals surface area contributed by atoms with Crippen molar-refractivity contribution in [3.05, 3.63) is 70.3 Å². The second-order valence-electron chi connectivity index (χ2n) is 5.31. The van der Waals surface area contributed by atoms with Crippen molar-refractivity contribution in [2.24, 2.45) is 0 Å². The number of halogens is 2. The standard InChI is InChI=1S/C17H14BrFN4O2/c18-12-3-6-15-22-14(10-23(15)9-12)7-20-16(24)8-21-17(25)11-1-4-13(19)5-2-11/h1-6,9-10H,7-8H2,(H,20,24)(H,21,25). The van der Waals surface area contributed by atoms with E-state index in [1.165, 1.54) is 24.3 Å². The van der Waals surface area contributed by atoms with Gasteiger partial charge in [-0.2, -0.15) is 0 Å². The van der Waals surface area contributed by atoms with Gasteiger partial charge in [0, 0.05) is 22.4 Å². The fourth-order valence-corrected chi connectivity index (χ4v) is 2.57. The molecule has 3 rings (SSSR count). The highest BCUT2D eigenvalue weighted by atomic mass is 79.9. The molecule has 0 unspecified atom stereocenters. The second-order valence-corrected chi connectivity index (χ2v) is 6.23. The summed E-state index contributed by atoms with van der Waals surface area (Å²) in [5, 5.41) is 5.17. The Labute approximate surface area is 151 Å². The summed E-state index contributed by atoms with van der Waals surface area (Å²) in [5.41, 5.74) is 1.77. The van der Waals surface area contributed by atoms with Crippen molar-refractivity contribution >= 4 is 33.4 Å². The van der Waals surface area contributed by atoms with Gasteiger partial charge in [-0.1, -0.05) is 0 Å². The molecule has 8 heteroatoms. The van der Waals surface area contributed by atoms with Gasteiger partial charge in [-0.25, -0.2) is 9.37 Å². The number of benzene rings is 1. The molecule has 0 fully saturated rings. The number of imidazole rings is 1. The lowest BCUT2D eigenvalue weighted by molar-refractivity contribution is -0.120. The molecular formula is C17H14BrFN4O2. The lowest BCUT2D eigenvalue weighted by Crippen LogP contribution is -2.36. The third-order valence-corrected chi connectivity index (χ3v) is 3.92. The molecule has 0 aliphatic carbocycles. The third-order valence-electron chi connectivity index (χ3n) is 3.45. The van der Waals surface area contributed by atoms with E-state index >= 15 is 0 Å². The van der Waals surface area contributed by atoms with Crippen LogP contribution in [0, 0.1) is 5.82 Å². The molecule has 2 amide bonds. The second kappa shape index (κ2) is 7.43. The lowest BCUT2D eigenvalue weighted by atomic mass is 10.2. The number of carbonyl (C=O) groups excluding carboxylic acids is 2. The topological polar surface area (TPSA) is 75.5 Å². The molecule has 2 N–H and O–H groups in total. The van der Waals surface area contributed by atoms with Crippen LogP contribution in [0.3, 0.4) is 0 Å². The number of rotatable bonds is 5. The van der Waals surface area contributed by atoms with Crippen molar-refractivity contribution in [3.8, 4) is 0 Å². The highest BCUT2D eigenvalue weighted by molar-refractivity contribution is 9.10. The Kier molecular flexibility index (Phi) is 5.08. The first-order chi connectivity index (χ1) is 12.0. The first-order valence-corrected chi connectivity index (χ1v) is 8.24. The van der Waals surface area contributed by atoms with Crippen LogP contribution in [-0.2, 0) is 11.3 Å². The number of nitrogens with zero attached hydrogens (tertiary/aromatic N) is 2. The number of nitrogens with one attached hydrogen (secondary N) is 2. The van der Waals surface area contributed by atoms with Crippen molar-refractivity contribution in [1.82, 2.24) is 20.0 Å². The molecule has 1 aromatic carbocycles.